The second kappa shape index (κ2) is 7.24. The Hall–Kier alpha value is -0.250. The molecule has 2 nitrogen and oxygen atoms in total. The van der Waals surface area contributed by atoms with Crippen LogP contribution in [0, 0.1) is 5.92 Å². The maximum atomic E-state index is 5.82. The van der Waals surface area contributed by atoms with E-state index < -0.39 is 0 Å². The number of hydrogen-bond donors (Lipinski definition) is 0. The van der Waals surface area contributed by atoms with Crippen molar-refractivity contribution in [2.75, 3.05) is 26.7 Å². The Morgan fingerprint density at radius 2 is 2.29 bits per heavy atom. The van der Waals surface area contributed by atoms with Crippen molar-refractivity contribution in [2.24, 2.45) is 5.92 Å². The van der Waals surface area contributed by atoms with Crippen LogP contribution >= 0.6 is 28.3 Å². The maximum absolute atomic E-state index is 5.82. The van der Waals surface area contributed by atoms with E-state index in [1.165, 1.54) is 19.4 Å². The van der Waals surface area contributed by atoms with E-state index in [0.29, 0.717) is 5.92 Å². The summed E-state index contributed by atoms with van der Waals surface area (Å²) in [6.07, 6.45) is 2.58. The van der Waals surface area contributed by atoms with Crippen molar-refractivity contribution in [3.05, 3.63) is 28.7 Å². The molecule has 1 aromatic rings. The zero-order valence-electron chi connectivity index (χ0n) is 10.1. The second-order valence-corrected chi connectivity index (χ2v) is 5.45. The zero-order chi connectivity index (χ0) is 11.4. The summed E-state index contributed by atoms with van der Waals surface area (Å²) in [6, 6.07) is 8.05. The molecule has 1 aromatic carbocycles. The van der Waals surface area contributed by atoms with Gasteiger partial charge < -0.3 is 9.64 Å². The SMILES string of the molecule is CN1CCC[C@H](COc2cccc(Br)c2)C1.Cl. The highest BCUT2D eigenvalue weighted by molar-refractivity contribution is 9.10. The number of halogens is 2. The van der Waals surface area contributed by atoms with E-state index in [2.05, 4.69) is 27.9 Å². The van der Waals surface area contributed by atoms with Crippen molar-refractivity contribution in [3.8, 4) is 5.75 Å². The van der Waals surface area contributed by atoms with E-state index in [0.717, 1.165) is 23.4 Å². The molecule has 0 amide bonds. The first kappa shape index (κ1) is 14.8. The van der Waals surface area contributed by atoms with Gasteiger partial charge in [0, 0.05) is 16.9 Å². The number of piperidine rings is 1. The van der Waals surface area contributed by atoms with Crippen LogP contribution in [0.2, 0.25) is 0 Å². The largest absolute Gasteiger partial charge is 0.493 e. The Labute approximate surface area is 118 Å². The highest BCUT2D eigenvalue weighted by Crippen LogP contribution is 2.20. The Balaban J connectivity index is 0.00000144. The maximum Gasteiger partial charge on any atom is 0.120 e. The molecule has 1 atom stereocenters. The molecule has 17 heavy (non-hydrogen) atoms. The van der Waals surface area contributed by atoms with Crippen LogP contribution in [-0.2, 0) is 0 Å². The summed E-state index contributed by atoms with van der Waals surface area (Å²) in [7, 11) is 2.19. The van der Waals surface area contributed by atoms with E-state index in [4.69, 9.17) is 4.74 Å². The van der Waals surface area contributed by atoms with Crippen LogP contribution < -0.4 is 4.74 Å². The molecule has 96 valence electrons. The second-order valence-electron chi connectivity index (χ2n) is 4.54. The molecule has 0 radical (unpaired) electrons. The standard InChI is InChI=1S/C13H18BrNO.ClH/c1-15-7-3-4-11(9-15)10-16-13-6-2-5-12(14)8-13;/h2,5-6,8,11H,3-4,7,9-10H2,1H3;1H/t11-;/m0./s1. The Morgan fingerprint density at radius 1 is 1.47 bits per heavy atom. The fraction of sp³-hybridized carbons (Fsp3) is 0.538. The normalized spacial score (nSPS) is 20.7. The zero-order valence-corrected chi connectivity index (χ0v) is 12.5. The average molecular weight is 321 g/mol. The molecule has 2 rings (SSSR count). The Morgan fingerprint density at radius 3 is 3.00 bits per heavy atom. The van der Waals surface area contributed by atoms with E-state index >= 15 is 0 Å². The van der Waals surface area contributed by atoms with Crippen molar-refractivity contribution < 1.29 is 4.74 Å². The molecule has 0 aromatic heterocycles. The van der Waals surface area contributed by atoms with Gasteiger partial charge in [-0.05, 0) is 44.6 Å². The summed E-state index contributed by atoms with van der Waals surface area (Å²) in [6.45, 7) is 3.22. The predicted molar refractivity (Wildman–Crippen MR) is 77.1 cm³/mol. The van der Waals surface area contributed by atoms with Gasteiger partial charge in [-0.15, -0.1) is 12.4 Å². The molecule has 1 fully saturated rings. The number of benzene rings is 1. The van der Waals surface area contributed by atoms with Gasteiger partial charge >= 0.3 is 0 Å². The van der Waals surface area contributed by atoms with Gasteiger partial charge in [0.05, 0.1) is 6.61 Å². The average Bonchev–Trinajstić information content (AvgIpc) is 2.27. The number of nitrogens with zero attached hydrogens (tertiary/aromatic N) is 1. The van der Waals surface area contributed by atoms with Crippen molar-refractivity contribution in [2.45, 2.75) is 12.8 Å². The third kappa shape index (κ3) is 4.86. The first-order valence-electron chi connectivity index (χ1n) is 5.81. The molecular formula is C13H19BrClNO. The van der Waals surface area contributed by atoms with Crippen LogP contribution in [0.15, 0.2) is 28.7 Å². The number of rotatable bonds is 3. The van der Waals surface area contributed by atoms with Crippen LogP contribution in [0.4, 0.5) is 0 Å². The van der Waals surface area contributed by atoms with Gasteiger partial charge in [0.15, 0.2) is 0 Å². The predicted octanol–water partition coefficient (Wildman–Crippen LogP) is 3.59. The van der Waals surface area contributed by atoms with Crippen molar-refractivity contribution >= 4 is 28.3 Å². The Kier molecular flexibility index (Phi) is 6.31. The van der Waals surface area contributed by atoms with Gasteiger partial charge in [-0.25, -0.2) is 0 Å². The van der Waals surface area contributed by atoms with Crippen LogP contribution in [0.25, 0.3) is 0 Å². The molecule has 0 aliphatic carbocycles. The Bertz CT molecular complexity index is 348. The minimum absolute atomic E-state index is 0. The van der Waals surface area contributed by atoms with Crippen molar-refractivity contribution in [3.63, 3.8) is 0 Å². The van der Waals surface area contributed by atoms with Crippen molar-refractivity contribution in [1.82, 2.24) is 4.90 Å². The highest BCUT2D eigenvalue weighted by Gasteiger charge is 2.17. The molecule has 0 unspecified atom stereocenters. The van der Waals surface area contributed by atoms with E-state index in [1.807, 2.05) is 24.3 Å². The number of likely N-dealkylation sites (tertiary alicyclic amines) is 1. The topological polar surface area (TPSA) is 12.5 Å². The lowest BCUT2D eigenvalue weighted by Crippen LogP contribution is -2.34. The summed E-state index contributed by atoms with van der Waals surface area (Å²) >= 11 is 3.45. The summed E-state index contributed by atoms with van der Waals surface area (Å²) < 4.78 is 6.89. The first-order valence-corrected chi connectivity index (χ1v) is 6.60. The fourth-order valence-electron chi connectivity index (χ4n) is 2.18. The minimum Gasteiger partial charge on any atom is -0.493 e. The quantitative estimate of drug-likeness (QED) is 0.844. The monoisotopic (exact) mass is 319 g/mol. The summed E-state index contributed by atoms with van der Waals surface area (Å²) in [5.41, 5.74) is 0. The fourth-order valence-corrected chi connectivity index (χ4v) is 2.56. The van der Waals surface area contributed by atoms with Gasteiger partial charge in [0.1, 0.15) is 5.75 Å². The van der Waals surface area contributed by atoms with Gasteiger partial charge in [0.2, 0.25) is 0 Å². The molecule has 1 aliphatic rings. The van der Waals surface area contributed by atoms with Crippen LogP contribution in [0.1, 0.15) is 12.8 Å². The summed E-state index contributed by atoms with van der Waals surface area (Å²) in [5.74, 6) is 1.64. The number of ether oxygens (including phenoxy) is 1. The molecule has 1 aliphatic heterocycles. The minimum atomic E-state index is 0. The van der Waals surface area contributed by atoms with Gasteiger partial charge in [-0.2, -0.15) is 0 Å². The molecule has 1 heterocycles. The van der Waals surface area contributed by atoms with E-state index in [9.17, 15) is 0 Å². The molecular weight excluding hydrogens is 302 g/mol. The third-order valence-corrected chi connectivity index (χ3v) is 3.50. The highest BCUT2D eigenvalue weighted by atomic mass is 79.9. The van der Waals surface area contributed by atoms with E-state index in [1.54, 1.807) is 0 Å². The molecule has 0 N–H and O–H groups in total. The van der Waals surface area contributed by atoms with Crippen LogP contribution in [0.3, 0.4) is 0 Å². The smallest absolute Gasteiger partial charge is 0.120 e. The summed E-state index contributed by atoms with van der Waals surface area (Å²) in [4.78, 5) is 2.39. The molecule has 1 saturated heterocycles. The lowest BCUT2D eigenvalue weighted by Gasteiger charge is -2.29. The van der Waals surface area contributed by atoms with Crippen LogP contribution in [-0.4, -0.2) is 31.6 Å². The van der Waals surface area contributed by atoms with Gasteiger partial charge in [0.25, 0.3) is 0 Å². The lowest BCUT2D eigenvalue weighted by molar-refractivity contribution is 0.150. The molecule has 0 bridgehead atoms. The van der Waals surface area contributed by atoms with Gasteiger partial charge in [-0.1, -0.05) is 22.0 Å². The lowest BCUT2D eigenvalue weighted by atomic mass is 10.00. The molecule has 0 spiro atoms. The third-order valence-electron chi connectivity index (χ3n) is 3.00. The van der Waals surface area contributed by atoms with E-state index in [-0.39, 0.29) is 12.4 Å². The molecule has 0 saturated carbocycles. The first-order chi connectivity index (χ1) is 7.74. The van der Waals surface area contributed by atoms with Gasteiger partial charge in [-0.3, -0.25) is 0 Å². The molecule has 4 heteroatoms. The van der Waals surface area contributed by atoms with Crippen molar-refractivity contribution in [1.29, 1.82) is 0 Å². The summed E-state index contributed by atoms with van der Waals surface area (Å²) in [5, 5.41) is 0. The van der Waals surface area contributed by atoms with Crippen LogP contribution in [0.5, 0.6) is 5.75 Å². The number of hydrogen-bond acceptors (Lipinski definition) is 2.